The van der Waals surface area contributed by atoms with E-state index in [4.69, 9.17) is 4.74 Å². The van der Waals surface area contributed by atoms with Crippen molar-refractivity contribution in [3.63, 3.8) is 0 Å². The van der Waals surface area contributed by atoms with Crippen LogP contribution in [-0.4, -0.2) is 40.6 Å². The third kappa shape index (κ3) is 5.32. The highest BCUT2D eigenvalue weighted by atomic mass is 19.4. The van der Waals surface area contributed by atoms with E-state index in [1.54, 1.807) is 11.8 Å². The Hall–Kier alpha value is -3.24. The van der Waals surface area contributed by atoms with Crippen molar-refractivity contribution in [2.45, 2.75) is 38.8 Å². The van der Waals surface area contributed by atoms with Crippen LogP contribution in [0.15, 0.2) is 30.6 Å². The van der Waals surface area contributed by atoms with E-state index in [0.717, 1.165) is 6.07 Å². The summed E-state index contributed by atoms with van der Waals surface area (Å²) in [5, 5.41) is 11.8. The molecule has 1 fully saturated rings. The first kappa shape index (κ1) is 23.4. The number of aromatic nitrogens is 2. The normalized spacial score (nSPS) is 14.9. The molecular formula is C21H23F3N4O4. The van der Waals surface area contributed by atoms with Crippen molar-refractivity contribution in [1.82, 2.24) is 9.97 Å². The molecule has 8 nitrogen and oxygen atoms in total. The van der Waals surface area contributed by atoms with Crippen LogP contribution in [0.25, 0.3) is 0 Å². The van der Waals surface area contributed by atoms with Gasteiger partial charge in [0.25, 0.3) is 0 Å². The van der Waals surface area contributed by atoms with Gasteiger partial charge in [0.1, 0.15) is 12.0 Å². The van der Waals surface area contributed by atoms with Crippen LogP contribution in [0.3, 0.4) is 0 Å². The summed E-state index contributed by atoms with van der Waals surface area (Å²) in [5.41, 5.74) is -0.959. The third-order valence-corrected chi connectivity index (χ3v) is 5.43. The molecule has 0 N–H and O–H groups in total. The van der Waals surface area contributed by atoms with Gasteiger partial charge in [0.05, 0.1) is 23.0 Å². The maximum Gasteiger partial charge on any atom is 0.416 e. The largest absolute Gasteiger partial charge is 0.466 e. The van der Waals surface area contributed by atoms with E-state index in [2.05, 4.69) is 9.97 Å². The zero-order chi connectivity index (χ0) is 23.3. The Balaban J connectivity index is 1.80. The summed E-state index contributed by atoms with van der Waals surface area (Å²) in [6.45, 7) is 2.76. The van der Waals surface area contributed by atoms with Gasteiger partial charge in [-0.05, 0) is 37.8 Å². The highest BCUT2D eigenvalue weighted by Crippen LogP contribution is 2.34. The second-order valence-corrected chi connectivity index (χ2v) is 7.42. The average Bonchev–Trinajstić information content (AvgIpc) is 2.77. The molecule has 1 aliphatic heterocycles. The lowest BCUT2D eigenvalue weighted by Crippen LogP contribution is -2.38. The summed E-state index contributed by atoms with van der Waals surface area (Å²) in [4.78, 5) is 32.9. The molecule has 3 rings (SSSR count). The van der Waals surface area contributed by atoms with Gasteiger partial charge in [0, 0.05) is 19.5 Å². The van der Waals surface area contributed by atoms with E-state index in [1.165, 1.54) is 24.5 Å². The van der Waals surface area contributed by atoms with Gasteiger partial charge in [-0.15, -0.1) is 0 Å². The number of benzene rings is 1. The lowest BCUT2D eigenvalue weighted by molar-refractivity contribution is -0.385. The fourth-order valence-corrected chi connectivity index (χ4v) is 3.86. The van der Waals surface area contributed by atoms with Gasteiger partial charge < -0.3 is 9.64 Å². The molecule has 1 aromatic heterocycles. The van der Waals surface area contributed by atoms with Crippen molar-refractivity contribution < 1.29 is 27.6 Å². The molecule has 0 amide bonds. The Morgan fingerprint density at radius 3 is 2.53 bits per heavy atom. The first-order chi connectivity index (χ1) is 15.2. The summed E-state index contributed by atoms with van der Waals surface area (Å²) in [7, 11) is 0. The number of piperidine rings is 1. The van der Waals surface area contributed by atoms with Gasteiger partial charge in [-0.2, -0.15) is 13.2 Å². The smallest absolute Gasteiger partial charge is 0.416 e. The molecule has 0 unspecified atom stereocenters. The number of hydrogen-bond donors (Lipinski definition) is 0. The number of anilines is 1. The standard InChI is InChI=1S/C21H23F3N4O4/c1-2-32-20(29)15-9-11-27(12-10-15)19-18(28(30)31)17(25-13-26-19)8-7-14-5-3-4-6-16(14)21(22,23)24/h3-6,13,15H,2,7-12H2,1H3. The minimum absolute atomic E-state index is 0.0434. The number of carbonyl (C=O) groups excluding carboxylic acids is 1. The van der Waals surface area contributed by atoms with Crippen LogP contribution >= 0.6 is 0 Å². The van der Waals surface area contributed by atoms with E-state index < -0.39 is 16.7 Å². The maximum atomic E-state index is 13.3. The van der Waals surface area contributed by atoms with Crippen LogP contribution in [0.5, 0.6) is 0 Å². The number of halogens is 3. The molecule has 0 atom stereocenters. The van der Waals surface area contributed by atoms with E-state index in [0.29, 0.717) is 25.9 Å². The molecular weight excluding hydrogens is 429 g/mol. The second kappa shape index (κ2) is 9.92. The molecule has 0 bridgehead atoms. The van der Waals surface area contributed by atoms with E-state index >= 15 is 0 Å². The molecule has 172 valence electrons. The average molecular weight is 452 g/mol. The van der Waals surface area contributed by atoms with Crippen molar-refractivity contribution in [1.29, 1.82) is 0 Å². The highest BCUT2D eigenvalue weighted by Gasteiger charge is 2.34. The van der Waals surface area contributed by atoms with Crippen LogP contribution in [0.4, 0.5) is 24.7 Å². The number of ether oxygens (including phenoxy) is 1. The minimum Gasteiger partial charge on any atom is -0.466 e. The predicted molar refractivity (Wildman–Crippen MR) is 109 cm³/mol. The van der Waals surface area contributed by atoms with Crippen LogP contribution in [-0.2, 0) is 28.5 Å². The number of esters is 1. The summed E-state index contributed by atoms with van der Waals surface area (Å²) in [5.74, 6) is -0.440. The first-order valence-corrected chi connectivity index (χ1v) is 10.3. The monoisotopic (exact) mass is 452 g/mol. The number of aryl methyl sites for hydroxylation is 2. The Labute approximate surface area is 182 Å². The summed E-state index contributed by atoms with van der Waals surface area (Å²) in [6, 6.07) is 5.15. The molecule has 32 heavy (non-hydrogen) atoms. The highest BCUT2D eigenvalue weighted by molar-refractivity contribution is 5.73. The Morgan fingerprint density at radius 2 is 1.91 bits per heavy atom. The maximum absolute atomic E-state index is 13.3. The number of carbonyl (C=O) groups is 1. The van der Waals surface area contributed by atoms with Crippen molar-refractivity contribution in [3.05, 3.63) is 57.5 Å². The quantitative estimate of drug-likeness (QED) is 0.356. The zero-order valence-electron chi connectivity index (χ0n) is 17.5. The third-order valence-electron chi connectivity index (χ3n) is 5.43. The zero-order valence-corrected chi connectivity index (χ0v) is 17.5. The van der Waals surface area contributed by atoms with Crippen molar-refractivity contribution >= 4 is 17.5 Å². The van der Waals surface area contributed by atoms with Gasteiger partial charge in [0.2, 0.25) is 5.82 Å². The molecule has 0 saturated carbocycles. The summed E-state index contributed by atoms with van der Waals surface area (Å²) in [6.07, 6.45) is -2.49. The number of nitrogens with zero attached hydrogens (tertiary/aromatic N) is 4. The molecule has 1 aliphatic rings. The predicted octanol–water partition coefficient (Wildman–Crippen LogP) is 3.97. The molecule has 0 spiro atoms. The number of alkyl halides is 3. The van der Waals surface area contributed by atoms with Gasteiger partial charge in [-0.1, -0.05) is 18.2 Å². The first-order valence-electron chi connectivity index (χ1n) is 10.3. The van der Waals surface area contributed by atoms with Crippen LogP contribution in [0.2, 0.25) is 0 Å². The second-order valence-electron chi connectivity index (χ2n) is 7.42. The van der Waals surface area contributed by atoms with Crippen LogP contribution in [0, 0.1) is 16.0 Å². The van der Waals surface area contributed by atoms with Crippen molar-refractivity contribution in [2.24, 2.45) is 5.92 Å². The SMILES string of the molecule is CCOC(=O)C1CCN(c2ncnc(CCc3ccccc3C(F)(F)F)c2[N+](=O)[O-])CC1. The lowest BCUT2D eigenvalue weighted by atomic mass is 9.96. The van der Waals surface area contributed by atoms with E-state index in [1.807, 2.05) is 0 Å². The fraction of sp³-hybridized carbons (Fsp3) is 0.476. The number of hydrogen-bond acceptors (Lipinski definition) is 7. The van der Waals surface area contributed by atoms with Crippen LogP contribution in [0.1, 0.15) is 36.6 Å². The Bertz CT molecular complexity index is 976. The molecule has 0 radical (unpaired) electrons. The molecule has 0 aliphatic carbocycles. The van der Waals surface area contributed by atoms with E-state index in [9.17, 15) is 28.1 Å². The minimum atomic E-state index is -4.51. The molecule has 11 heteroatoms. The van der Waals surface area contributed by atoms with Crippen molar-refractivity contribution in [2.75, 3.05) is 24.6 Å². The van der Waals surface area contributed by atoms with Gasteiger partial charge in [0.15, 0.2) is 0 Å². The summed E-state index contributed by atoms with van der Waals surface area (Å²) >= 11 is 0. The molecule has 2 heterocycles. The van der Waals surface area contributed by atoms with Gasteiger partial charge >= 0.3 is 17.8 Å². The molecule has 1 saturated heterocycles. The Morgan fingerprint density at radius 1 is 1.22 bits per heavy atom. The lowest BCUT2D eigenvalue weighted by Gasteiger charge is -2.31. The molecule has 1 aromatic carbocycles. The Kier molecular flexibility index (Phi) is 7.26. The topological polar surface area (TPSA) is 98.5 Å². The van der Waals surface area contributed by atoms with E-state index in [-0.39, 0.29) is 54.1 Å². The molecule has 2 aromatic rings. The van der Waals surface area contributed by atoms with Crippen molar-refractivity contribution in [3.8, 4) is 0 Å². The van der Waals surface area contributed by atoms with Gasteiger partial charge in [-0.3, -0.25) is 14.9 Å². The summed E-state index contributed by atoms with van der Waals surface area (Å²) < 4.78 is 44.8. The fourth-order valence-electron chi connectivity index (χ4n) is 3.86. The number of rotatable bonds is 7. The van der Waals surface area contributed by atoms with Crippen LogP contribution < -0.4 is 4.90 Å². The van der Waals surface area contributed by atoms with Gasteiger partial charge in [-0.25, -0.2) is 9.97 Å². The number of nitro groups is 1.